The van der Waals surface area contributed by atoms with E-state index in [1.54, 1.807) is 42.5 Å². The van der Waals surface area contributed by atoms with E-state index >= 15 is 0 Å². The van der Waals surface area contributed by atoms with Crippen molar-refractivity contribution < 1.29 is 14.0 Å². The Kier molecular flexibility index (Phi) is 6.31. The Labute approximate surface area is 172 Å². The van der Waals surface area contributed by atoms with Gasteiger partial charge in [0.05, 0.1) is 18.7 Å². The second kappa shape index (κ2) is 8.89. The van der Waals surface area contributed by atoms with Crippen LogP contribution in [0.25, 0.3) is 0 Å². The largest absolute Gasteiger partial charge is 0.467 e. The molecule has 1 aromatic heterocycles. The maximum atomic E-state index is 12.5. The van der Waals surface area contributed by atoms with Crippen molar-refractivity contribution in [3.8, 4) is 0 Å². The van der Waals surface area contributed by atoms with Crippen LogP contribution in [0.5, 0.6) is 0 Å². The van der Waals surface area contributed by atoms with Gasteiger partial charge in [0.2, 0.25) is 5.91 Å². The summed E-state index contributed by atoms with van der Waals surface area (Å²) in [7, 11) is 1.77. The van der Waals surface area contributed by atoms with Gasteiger partial charge in [-0.15, -0.1) is 0 Å². The lowest BCUT2D eigenvalue weighted by Gasteiger charge is -2.23. The summed E-state index contributed by atoms with van der Waals surface area (Å²) in [5.41, 5.74) is 2.13. The Hall–Kier alpha value is -2.86. The maximum absolute atomic E-state index is 12.5. The number of hydrogen-bond acceptors (Lipinski definition) is 3. The van der Waals surface area contributed by atoms with Gasteiger partial charge in [0.1, 0.15) is 5.76 Å². The molecule has 5 nitrogen and oxygen atoms in total. The molecule has 0 bridgehead atoms. The van der Waals surface area contributed by atoms with E-state index in [0.717, 1.165) is 15.8 Å². The molecule has 1 unspecified atom stereocenters. The van der Waals surface area contributed by atoms with Gasteiger partial charge in [-0.05, 0) is 55.0 Å². The number of nitrogens with zero attached hydrogens (tertiary/aromatic N) is 1. The van der Waals surface area contributed by atoms with Crippen molar-refractivity contribution in [2.75, 3.05) is 12.4 Å². The monoisotopic (exact) mass is 440 g/mol. The summed E-state index contributed by atoms with van der Waals surface area (Å²) < 4.78 is 6.23. The Morgan fingerprint density at radius 2 is 1.86 bits per heavy atom. The van der Waals surface area contributed by atoms with Gasteiger partial charge in [-0.1, -0.05) is 34.1 Å². The highest BCUT2D eigenvalue weighted by atomic mass is 79.9. The van der Waals surface area contributed by atoms with Crippen LogP contribution < -0.4 is 5.32 Å². The molecule has 0 aliphatic rings. The zero-order valence-electron chi connectivity index (χ0n) is 15.7. The summed E-state index contributed by atoms with van der Waals surface area (Å²) >= 11 is 3.36. The third kappa shape index (κ3) is 4.89. The van der Waals surface area contributed by atoms with E-state index in [1.165, 1.54) is 0 Å². The van der Waals surface area contributed by atoms with E-state index in [0.29, 0.717) is 11.3 Å². The fourth-order valence-corrected chi connectivity index (χ4v) is 3.17. The highest BCUT2D eigenvalue weighted by molar-refractivity contribution is 9.10. The Morgan fingerprint density at radius 3 is 2.50 bits per heavy atom. The number of benzene rings is 2. The molecule has 0 radical (unpaired) electrons. The standard InChI is InChI=1S/C22H21BrN2O3/c1-15(20-7-4-12-28-20)25(2)21(26)13-16-8-10-19(11-9-16)24-22(27)17-5-3-6-18(23)14-17/h3-12,14-15H,13H2,1-2H3,(H,24,27). The lowest BCUT2D eigenvalue weighted by Crippen LogP contribution is -2.30. The molecule has 28 heavy (non-hydrogen) atoms. The number of halogens is 1. The number of furan rings is 1. The summed E-state index contributed by atoms with van der Waals surface area (Å²) in [5, 5.41) is 2.86. The maximum Gasteiger partial charge on any atom is 0.255 e. The van der Waals surface area contributed by atoms with E-state index < -0.39 is 0 Å². The van der Waals surface area contributed by atoms with Crippen molar-refractivity contribution in [2.24, 2.45) is 0 Å². The van der Waals surface area contributed by atoms with Gasteiger partial charge in [-0.25, -0.2) is 0 Å². The molecule has 0 spiro atoms. The van der Waals surface area contributed by atoms with Gasteiger partial charge in [0.15, 0.2) is 0 Å². The summed E-state index contributed by atoms with van der Waals surface area (Å²) in [5.74, 6) is 0.563. The minimum absolute atomic E-state index is 0.00480. The lowest BCUT2D eigenvalue weighted by atomic mass is 10.1. The van der Waals surface area contributed by atoms with Crippen molar-refractivity contribution in [2.45, 2.75) is 19.4 Å². The second-order valence-electron chi connectivity index (χ2n) is 6.53. The van der Waals surface area contributed by atoms with Crippen LogP contribution in [0.2, 0.25) is 0 Å². The van der Waals surface area contributed by atoms with Crippen LogP contribution in [0.15, 0.2) is 75.8 Å². The van der Waals surface area contributed by atoms with Crippen molar-refractivity contribution in [1.82, 2.24) is 4.90 Å². The van der Waals surface area contributed by atoms with E-state index in [2.05, 4.69) is 21.2 Å². The Bertz CT molecular complexity index is 952. The van der Waals surface area contributed by atoms with Crippen molar-refractivity contribution in [3.05, 3.63) is 88.3 Å². The van der Waals surface area contributed by atoms with Gasteiger partial charge < -0.3 is 14.6 Å². The van der Waals surface area contributed by atoms with Crippen LogP contribution in [0, 0.1) is 0 Å². The van der Waals surface area contributed by atoms with Crippen LogP contribution in [0.4, 0.5) is 5.69 Å². The zero-order chi connectivity index (χ0) is 20.1. The van der Waals surface area contributed by atoms with Crippen LogP contribution >= 0.6 is 15.9 Å². The molecule has 1 N–H and O–H groups in total. The van der Waals surface area contributed by atoms with Gasteiger partial charge in [0, 0.05) is 22.8 Å². The van der Waals surface area contributed by atoms with Crippen LogP contribution in [-0.2, 0) is 11.2 Å². The van der Waals surface area contributed by atoms with E-state index in [1.807, 2.05) is 43.3 Å². The fraction of sp³-hybridized carbons (Fsp3) is 0.182. The molecule has 3 aromatic rings. The molecule has 1 heterocycles. The van der Waals surface area contributed by atoms with E-state index in [4.69, 9.17) is 4.42 Å². The zero-order valence-corrected chi connectivity index (χ0v) is 17.3. The molecule has 3 rings (SSSR count). The topological polar surface area (TPSA) is 62.6 Å². The molecule has 0 aliphatic carbocycles. The Balaban J connectivity index is 1.59. The molecule has 6 heteroatoms. The number of hydrogen-bond donors (Lipinski definition) is 1. The van der Waals surface area contributed by atoms with Gasteiger partial charge >= 0.3 is 0 Å². The molecule has 0 saturated carbocycles. The van der Waals surface area contributed by atoms with Crippen LogP contribution in [0.1, 0.15) is 34.6 Å². The number of nitrogens with one attached hydrogen (secondary N) is 1. The predicted octanol–water partition coefficient (Wildman–Crippen LogP) is 5.06. The van der Waals surface area contributed by atoms with Gasteiger partial charge in [0.25, 0.3) is 5.91 Å². The predicted molar refractivity (Wildman–Crippen MR) is 112 cm³/mol. The first kappa shape index (κ1) is 19.9. The minimum atomic E-state index is -0.183. The number of anilines is 1. The van der Waals surface area contributed by atoms with E-state index in [9.17, 15) is 9.59 Å². The number of amides is 2. The third-order valence-electron chi connectivity index (χ3n) is 4.58. The quantitative estimate of drug-likeness (QED) is 0.582. The summed E-state index contributed by atoms with van der Waals surface area (Å²) in [6.07, 6.45) is 1.88. The molecule has 0 aliphatic heterocycles. The molecule has 2 aromatic carbocycles. The van der Waals surface area contributed by atoms with Crippen molar-refractivity contribution in [3.63, 3.8) is 0 Å². The average Bonchev–Trinajstić information content (AvgIpc) is 3.23. The SMILES string of the molecule is CC(c1ccco1)N(C)C(=O)Cc1ccc(NC(=O)c2cccc(Br)c2)cc1. The molecule has 2 amide bonds. The van der Waals surface area contributed by atoms with Crippen LogP contribution in [0.3, 0.4) is 0 Å². The van der Waals surface area contributed by atoms with Crippen molar-refractivity contribution in [1.29, 1.82) is 0 Å². The number of rotatable bonds is 6. The summed E-state index contributed by atoms with van der Waals surface area (Å²) in [6.45, 7) is 1.93. The van der Waals surface area contributed by atoms with Gasteiger partial charge in [-0.2, -0.15) is 0 Å². The highest BCUT2D eigenvalue weighted by Crippen LogP contribution is 2.20. The number of carbonyl (C=O) groups excluding carboxylic acids is 2. The van der Waals surface area contributed by atoms with Crippen LogP contribution in [-0.4, -0.2) is 23.8 Å². The first-order valence-corrected chi connectivity index (χ1v) is 9.68. The average molecular weight is 441 g/mol. The first-order chi connectivity index (χ1) is 13.4. The molecule has 0 saturated heterocycles. The molecule has 144 valence electrons. The molecule has 0 fully saturated rings. The Morgan fingerprint density at radius 1 is 1.11 bits per heavy atom. The smallest absolute Gasteiger partial charge is 0.255 e. The van der Waals surface area contributed by atoms with E-state index in [-0.39, 0.29) is 24.3 Å². The first-order valence-electron chi connectivity index (χ1n) is 8.89. The normalized spacial score (nSPS) is 11.7. The number of carbonyl (C=O) groups is 2. The third-order valence-corrected chi connectivity index (χ3v) is 5.08. The van der Waals surface area contributed by atoms with Gasteiger partial charge in [-0.3, -0.25) is 9.59 Å². The minimum Gasteiger partial charge on any atom is -0.467 e. The summed E-state index contributed by atoms with van der Waals surface area (Å²) in [6, 6.07) is 18.0. The fourth-order valence-electron chi connectivity index (χ4n) is 2.77. The lowest BCUT2D eigenvalue weighted by molar-refractivity contribution is -0.131. The second-order valence-corrected chi connectivity index (χ2v) is 7.45. The molecule has 1 atom stereocenters. The van der Waals surface area contributed by atoms with Crippen molar-refractivity contribution >= 4 is 33.4 Å². The highest BCUT2D eigenvalue weighted by Gasteiger charge is 2.19. The molecular formula is C22H21BrN2O3. The number of likely N-dealkylation sites (N-methyl/N-ethyl adjacent to an activating group) is 1. The summed E-state index contributed by atoms with van der Waals surface area (Å²) in [4.78, 5) is 26.5. The molecular weight excluding hydrogens is 420 g/mol.